The van der Waals surface area contributed by atoms with Gasteiger partial charge in [0.25, 0.3) is 0 Å². The van der Waals surface area contributed by atoms with Gasteiger partial charge in [0, 0.05) is 24.8 Å². The number of carbonyl (C=O) groups is 1. The number of hydrogen-bond acceptors (Lipinski definition) is 3. The molecule has 0 N–H and O–H groups in total. The Labute approximate surface area is 178 Å². The number of amides is 1. The van der Waals surface area contributed by atoms with Crippen LogP contribution >= 0.6 is 0 Å². The molecule has 3 aromatic rings. The van der Waals surface area contributed by atoms with Gasteiger partial charge in [0.05, 0.1) is 12.6 Å². The Bertz CT molecular complexity index is 1050. The number of likely N-dealkylation sites (N-methyl/N-ethyl adjacent to an activating group) is 1. The first kappa shape index (κ1) is 20.5. The highest BCUT2D eigenvalue weighted by Gasteiger charge is 2.49. The second kappa shape index (κ2) is 7.80. The lowest BCUT2D eigenvalue weighted by atomic mass is 10.0. The number of aryl methyl sites for hydroxylation is 1. The maximum absolute atomic E-state index is 13.3. The van der Waals surface area contributed by atoms with E-state index in [-0.39, 0.29) is 12.1 Å². The van der Waals surface area contributed by atoms with Crippen LogP contribution in [0.3, 0.4) is 0 Å². The number of nitrogens with zero attached hydrogens (tertiary/aromatic N) is 3. The fraction of sp³-hybridized carbons (Fsp3) is 0.400. The van der Waals surface area contributed by atoms with Crippen molar-refractivity contribution in [1.82, 2.24) is 14.4 Å². The minimum Gasteiger partial charge on any atom is -0.497 e. The first-order valence-corrected chi connectivity index (χ1v) is 10.6. The molecule has 1 aliphatic rings. The highest BCUT2D eigenvalue weighted by molar-refractivity contribution is 5.88. The predicted octanol–water partition coefficient (Wildman–Crippen LogP) is 4.46. The Balaban J connectivity index is 1.63. The zero-order chi connectivity index (χ0) is 21.5. The van der Waals surface area contributed by atoms with Crippen LogP contribution in [0, 0.1) is 0 Å². The Hall–Kier alpha value is -2.79. The van der Waals surface area contributed by atoms with Gasteiger partial charge in [-0.1, -0.05) is 18.2 Å². The van der Waals surface area contributed by atoms with Crippen LogP contribution in [0.5, 0.6) is 5.75 Å². The molecular weight excluding hydrogens is 374 g/mol. The van der Waals surface area contributed by atoms with E-state index >= 15 is 0 Å². The van der Waals surface area contributed by atoms with Crippen LogP contribution in [-0.4, -0.2) is 46.5 Å². The number of fused-ring (bicyclic) bond motifs is 1. The van der Waals surface area contributed by atoms with Gasteiger partial charge in [-0.05, 0) is 81.1 Å². The van der Waals surface area contributed by atoms with Gasteiger partial charge in [-0.15, -0.1) is 0 Å². The second-order valence-electron chi connectivity index (χ2n) is 8.56. The number of methoxy groups -OCH3 is 1. The molecule has 4 rings (SSSR count). The molecule has 30 heavy (non-hydrogen) atoms. The predicted molar refractivity (Wildman–Crippen MR) is 121 cm³/mol. The molecule has 0 radical (unpaired) electrons. The minimum atomic E-state index is -0.533. The van der Waals surface area contributed by atoms with E-state index in [4.69, 9.17) is 4.74 Å². The van der Waals surface area contributed by atoms with E-state index < -0.39 is 5.54 Å². The molecule has 1 fully saturated rings. The first-order valence-electron chi connectivity index (χ1n) is 10.6. The molecule has 5 heteroatoms. The Morgan fingerprint density at radius 2 is 1.80 bits per heavy atom. The number of hydrogen-bond donors (Lipinski definition) is 0. The van der Waals surface area contributed by atoms with Crippen molar-refractivity contribution in [2.24, 2.45) is 0 Å². The van der Waals surface area contributed by atoms with Gasteiger partial charge < -0.3 is 14.2 Å². The highest BCUT2D eigenvalue weighted by Crippen LogP contribution is 2.39. The van der Waals surface area contributed by atoms with E-state index in [1.54, 1.807) is 7.11 Å². The van der Waals surface area contributed by atoms with Gasteiger partial charge in [0.2, 0.25) is 5.91 Å². The largest absolute Gasteiger partial charge is 0.497 e. The smallest absolute Gasteiger partial charge is 0.244 e. The van der Waals surface area contributed by atoms with Crippen LogP contribution in [0.4, 0.5) is 0 Å². The number of aromatic nitrogens is 1. The van der Waals surface area contributed by atoms with Gasteiger partial charge in [-0.25, -0.2) is 0 Å². The molecule has 1 atom stereocenters. The molecule has 2 heterocycles. The van der Waals surface area contributed by atoms with Crippen molar-refractivity contribution in [3.63, 3.8) is 0 Å². The molecule has 1 saturated heterocycles. The summed E-state index contributed by atoms with van der Waals surface area (Å²) in [5.41, 5.74) is 3.06. The fourth-order valence-electron chi connectivity index (χ4n) is 4.45. The first-order chi connectivity index (χ1) is 14.4. The van der Waals surface area contributed by atoms with Crippen LogP contribution < -0.4 is 4.74 Å². The quantitative estimate of drug-likeness (QED) is 0.608. The molecule has 5 nitrogen and oxygen atoms in total. The lowest BCUT2D eigenvalue weighted by Crippen LogP contribution is -2.41. The van der Waals surface area contributed by atoms with Crippen LogP contribution in [0.15, 0.2) is 54.7 Å². The number of carbonyl (C=O) groups excluding carboxylic acids is 1. The average molecular weight is 406 g/mol. The Kier molecular flexibility index (Phi) is 5.33. The monoisotopic (exact) mass is 405 g/mol. The van der Waals surface area contributed by atoms with Crippen molar-refractivity contribution in [3.05, 3.63) is 65.9 Å². The van der Waals surface area contributed by atoms with Crippen molar-refractivity contribution < 1.29 is 9.53 Å². The number of rotatable bonds is 6. The van der Waals surface area contributed by atoms with E-state index in [2.05, 4.69) is 66.0 Å². The fourth-order valence-corrected chi connectivity index (χ4v) is 4.45. The second-order valence-corrected chi connectivity index (χ2v) is 8.56. The van der Waals surface area contributed by atoms with E-state index in [0.717, 1.165) is 24.3 Å². The molecular formula is C25H31N3O2. The van der Waals surface area contributed by atoms with Gasteiger partial charge in [-0.2, -0.15) is 0 Å². The summed E-state index contributed by atoms with van der Waals surface area (Å²) in [5.74, 6) is 1.02. The van der Waals surface area contributed by atoms with Crippen LogP contribution in [-0.2, 0) is 17.8 Å². The van der Waals surface area contributed by atoms with Crippen LogP contribution in [0.1, 0.15) is 38.1 Å². The zero-order valence-electron chi connectivity index (χ0n) is 18.6. The van der Waals surface area contributed by atoms with E-state index in [1.165, 1.54) is 16.5 Å². The van der Waals surface area contributed by atoms with Gasteiger partial charge in [0.1, 0.15) is 11.9 Å². The van der Waals surface area contributed by atoms with Crippen molar-refractivity contribution in [2.75, 3.05) is 20.7 Å². The van der Waals surface area contributed by atoms with Gasteiger partial charge in [-0.3, -0.25) is 9.69 Å². The van der Waals surface area contributed by atoms with Crippen molar-refractivity contribution >= 4 is 16.8 Å². The van der Waals surface area contributed by atoms with E-state index in [1.807, 2.05) is 30.9 Å². The van der Waals surface area contributed by atoms with Crippen molar-refractivity contribution in [2.45, 2.75) is 45.4 Å². The molecule has 1 unspecified atom stereocenters. The van der Waals surface area contributed by atoms with Crippen LogP contribution in [0.2, 0.25) is 0 Å². The molecule has 1 aliphatic heterocycles. The number of ether oxygens (including phenoxy) is 1. The summed E-state index contributed by atoms with van der Waals surface area (Å²) in [6.45, 7) is 7.81. The third-order valence-corrected chi connectivity index (χ3v) is 6.56. The minimum absolute atomic E-state index is 0.0693. The standard InChI is InChI=1S/C25H31N3O2/c1-6-27-15-14-19-17-20(9-12-22(19)27)23-26(4)25(2,3)24(29)28(23)16-13-18-7-10-21(30-5)11-8-18/h7-12,14-15,17,23H,6,13,16H2,1-5H3. The maximum atomic E-state index is 13.3. The van der Waals surface area contributed by atoms with Crippen molar-refractivity contribution in [1.29, 1.82) is 0 Å². The van der Waals surface area contributed by atoms with Crippen LogP contribution in [0.25, 0.3) is 10.9 Å². The topological polar surface area (TPSA) is 37.7 Å². The van der Waals surface area contributed by atoms with Crippen molar-refractivity contribution in [3.8, 4) is 5.75 Å². The third kappa shape index (κ3) is 3.37. The summed E-state index contributed by atoms with van der Waals surface area (Å²) in [4.78, 5) is 17.5. The summed E-state index contributed by atoms with van der Waals surface area (Å²) in [7, 11) is 3.73. The SMILES string of the molecule is CCn1ccc2cc(C3N(CCc4ccc(OC)cc4)C(=O)C(C)(C)N3C)ccc21. The van der Waals surface area contributed by atoms with Gasteiger partial charge >= 0.3 is 0 Å². The summed E-state index contributed by atoms with van der Waals surface area (Å²) >= 11 is 0. The summed E-state index contributed by atoms with van der Waals surface area (Å²) in [6.07, 6.45) is 2.87. The zero-order valence-corrected chi connectivity index (χ0v) is 18.6. The van der Waals surface area contributed by atoms with E-state index in [0.29, 0.717) is 6.54 Å². The lowest BCUT2D eigenvalue weighted by molar-refractivity contribution is -0.132. The molecule has 2 aromatic carbocycles. The lowest BCUT2D eigenvalue weighted by Gasteiger charge is -2.30. The van der Waals surface area contributed by atoms with Gasteiger partial charge in [0.15, 0.2) is 0 Å². The highest BCUT2D eigenvalue weighted by atomic mass is 16.5. The summed E-state index contributed by atoms with van der Waals surface area (Å²) in [5, 5.41) is 1.22. The number of benzene rings is 2. The molecule has 1 aromatic heterocycles. The average Bonchev–Trinajstić information content (AvgIpc) is 3.24. The molecule has 1 amide bonds. The summed E-state index contributed by atoms with van der Waals surface area (Å²) in [6, 6.07) is 16.8. The Morgan fingerprint density at radius 3 is 2.47 bits per heavy atom. The normalized spacial score (nSPS) is 19.0. The van der Waals surface area contributed by atoms with E-state index in [9.17, 15) is 4.79 Å². The third-order valence-electron chi connectivity index (χ3n) is 6.56. The molecule has 0 saturated carbocycles. The summed E-state index contributed by atoms with van der Waals surface area (Å²) < 4.78 is 7.50. The molecule has 158 valence electrons. The molecule has 0 aliphatic carbocycles. The molecule has 0 bridgehead atoms. The molecule has 0 spiro atoms. The Morgan fingerprint density at radius 1 is 1.07 bits per heavy atom. The maximum Gasteiger partial charge on any atom is 0.244 e.